The Hall–Kier alpha value is -8.36. The van der Waals surface area contributed by atoms with Crippen LogP contribution in [0.5, 0.6) is 0 Å². The molecular weight excluding hydrogens is 1770 g/mol. The Morgan fingerprint density at radius 2 is 0.818 bits per heavy atom. The second-order valence-electron chi connectivity index (χ2n) is 31.4. The van der Waals surface area contributed by atoms with Crippen LogP contribution in [0.4, 0.5) is 5.69 Å². The first-order chi connectivity index (χ1) is 63.4. The Balaban J connectivity index is 0.978. The maximum absolute atomic E-state index is 15.3. The molecule has 47 heteroatoms. The molecule has 0 aliphatic carbocycles. The van der Waals surface area contributed by atoms with Crippen molar-refractivity contribution in [3.8, 4) is 0 Å². The van der Waals surface area contributed by atoms with Crippen molar-refractivity contribution in [2.45, 2.75) is 163 Å². The lowest BCUT2D eigenvalue weighted by Crippen LogP contribution is -2.64. The summed E-state index contributed by atoms with van der Waals surface area (Å²) in [5.41, 5.74) is 0.439. The lowest BCUT2D eigenvalue weighted by atomic mass is 9.97. The number of aliphatic hydroxyl groups excluding tert-OH is 9. The summed E-state index contributed by atoms with van der Waals surface area (Å²) in [6.45, 7) is 4.50. The normalized spacial score (nSPS) is 22.9. The number of hydrogen-bond acceptors (Lipinski definition) is 36. The fraction of sp³-hybridized carbons (Fsp3) is 0.682. The molecule has 132 heavy (non-hydrogen) atoms. The standard InChI is InChI=1S/C85H133N11O35S/c1-55-12-11-16-62(56(55)2)96(48-71(107)95-26-24-94(25-27-95)47-60-13-7-6-8-14-60)132(115,116)66-17-10-9-15-61(66)81(114)89-46-70(106)93-85(52-123-28-18-67(103)86-21-31-117-34-37-120-40-43-126-82-72(90-57(3)100)78(111)75(108)63(49-97)129-82,53-124-29-19-68(104)87-22-32-118-35-38-121-41-44-127-83-73(91-58(4)101)79(112)76(109)64(50-98)130-83)54-125-30-20-69(105)88-23-33-119-36-39-122-42-45-128-84-74(92-59(5)102)80(113)77(110)65(51-99)131-84/h6-17,63-65,72-80,82-84,97-99,108-113H,18-54H2,1-5H3,(H,86,103)(H,87,104)(H,88,105)(H,89,114)(H,90,100)(H,91,101)(H,92,102)(H,93,106)/t63-,64-,65-,72-,73-,74-,75+,76+,77+,78-,79-,80-,82-,83-,84?/m1/s1. The van der Waals surface area contributed by atoms with E-state index in [-0.39, 0.29) is 169 Å². The zero-order valence-corrected chi connectivity index (χ0v) is 76.0. The molecule has 46 nitrogen and oxygen atoms in total. The van der Waals surface area contributed by atoms with E-state index in [0.29, 0.717) is 38.3 Å². The van der Waals surface area contributed by atoms with Crippen molar-refractivity contribution in [1.29, 1.82) is 0 Å². The number of benzene rings is 3. The van der Waals surface area contributed by atoms with Gasteiger partial charge in [0.25, 0.3) is 15.9 Å². The molecule has 0 bridgehead atoms. The number of ether oxygens (including phenoxy) is 15. The van der Waals surface area contributed by atoms with E-state index in [1.165, 1.54) is 45.0 Å². The molecule has 0 radical (unpaired) electrons. The zero-order chi connectivity index (χ0) is 96.0. The largest absolute Gasteiger partial charge is 0.394 e. The first kappa shape index (κ1) is 111. The van der Waals surface area contributed by atoms with Gasteiger partial charge in [0.1, 0.15) is 90.0 Å². The minimum absolute atomic E-state index is 0.0150. The number of carbonyl (C=O) groups is 9. The van der Waals surface area contributed by atoms with Crippen LogP contribution < -0.4 is 46.8 Å². The monoisotopic (exact) mass is 1900 g/mol. The van der Waals surface area contributed by atoms with E-state index in [0.717, 1.165) is 15.4 Å². The second-order valence-corrected chi connectivity index (χ2v) is 33.3. The third-order valence-corrected chi connectivity index (χ3v) is 23.1. The van der Waals surface area contributed by atoms with Gasteiger partial charge < -0.3 is 164 Å². The molecular formula is C85H133N11O35S. The fourth-order valence-electron chi connectivity index (χ4n) is 14.2. The summed E-state index contributed by atoms with van der Waals surface area (Å²) in [5.74, 6) is -5.41. The van der Waals surface area contributed by atoms with Gasteiger partial charge in [-0.25, -0.2) is 8.42 Å². The molecule has 744 valence electrons. The van der Waals surface area contributed by atoms with Crippen molar-refractivity contribution < 1.29 is 169 Å². The SMILES string of the molecule is CC(=O)N[C@H]1[C@H](OCCOCCOCCNC(=O)CCOCC(COCCC(=O)NCCOCCOCCOC2O[C@H](CO)[C@H](O)[C@H](O)[C@H]2NC(C)=O)(COCCC(=O)NCCOCCOCCO[C@@H]2O[C@H](CO)[C@H](O)[C@H](O)[C@H]2NC(C)=O)NC(=O)CNC(=O)c2ccccc2S(=O)(=O)N(CC(=O)N2CCN(Cc3ccccc3)CC2)c2cccc(C)c2C)O[C@H](CO)[C@H](O)[C@@H]1O. The summed E-state index contributed by atoms with van der Waals surface area (Å²) in [5, 5.41) is 112. The molecule has 4 aliphatic heterocycles. The lowest BCUT2D eigenvalue weighted by Gasteiger charge is -2.42. The molecule has 4 saturated heterocycles. The molecule has 3 aromatic carbocycles. The highest BCUT2D eigenvalue weighted by Crippen LogP contribution is 2.32. The Labute approximate surface area is 766 Å². The van der Waals surface area contributed by atoms with Gasteiger partial charge in [-0.05, 0) is 48.7 Å². The molecule has 3 aromatic rings. The van der Waals surface area contributed by atoms with Crippen molar-refractivity contribution in [2.75, 3.05) is 222 Å². The van der Waals surface area contributed by atoms with Gasteiger partial charge in [0, 0.05) is 92.4 Å². The Morgan fingerprint density at radius 3 is 1.21 bits per heavy atom. The summed E-state index contributed by atoms with van der Waals surface area (Å²) in [6, 6.07) is 16.8. The number of aryl methyl sites for hydroxylation is 1. The Bertz CT molecular complexity index is 3880. The molecule has 4 fully saturated rings. The van der Waals surface area contributed by atoms with E-state index in [4.69, 9.17) is 71.1 Å². The van der Waals surface area contributed by atoms with Crippen molar-refractivity contribution in [1.82, 2.24) is 52.3 Å². The minimum Gasteiger partial charge on any atom is -0.394 e. The number of amides is 9. The van der Waals surface area contributed by atoms with Crippen LogP contribution in [0, 0.1) is 13.8 Å². The van der Waals surface area contributed by atoms with Crippen molar-refractivity contribution >= 4 is 68.9 Å². The van der Waals surface area contributed by atoms with Gasteiger partial charge in [0.2, 0.25) is 47.3 Å². The van der Waals surface area contributed by atoms with Gasteiger partial charge in [-0.1, -0.05) is 54.6 Å². The second kappa shape index (κ2) is 59.5. The number of piperazine rings is 1. The van der Waals surface area contributed by atoms with E-state index in [9.17, 15) is 89.1 Å². The van der Waals surface area contributed by atoms with E-state index in [1.807, 2.05) is 30.3 Å². The van der Waals surface area contributed by atoms with Gasteiger partial charge in [0.05, 0.1) is 176 Å². The average molecular weight is 1900 g/mol. The highest BCUT2D eigenvalue weighted by molar-refractivity contribution is 7.93. The summed E-state index contributed by atoms with van der Waals surface area (Å²) in [4.78, 5) is 122. The maximum Gasteiger partial charge on any atom is 0.265 e. The zero-order valence-electron chi connectivity index (χ0n) is 75.1. The van der Waals surface area contributed by atoms with Crippen LogP contribution in [-0.2, 0) is 126 Å². The van der Waals surface area contributed by atoms with Crippen LogP contribution >= 0.6 is 0 Å². The average Bonchev–Trinajstić information content (AvgIpc) is 0.762. The van der Waals surface area contributed by atoms with Gasteiger partial charge in [-0.15, -0.1) is 0 Å². The number of hydrogen-bond donors (Lipinski definition) is 17. The van der Waals surface area contributed by atoms with E-state index in [1.54, 1.807) is 36.9 Å². The van der Waals surface area contributed by atoms with Crippen LogP contribution in [0.3, 0.4) is 0 Å². The summed E-state index contributed by atoms with van der Waals surface area (Å²) in [6.07, 6.45) is -16.9. The number of rotatable bonds is 62. The fourth-order valence-corrected chi connectivity index (χ4v) is 15.8. The van der Waals surface area contributed by atoms with Crippen LogP contribution in [0.1, 0.15) is 67.1 Å². The van der Waals surface area contributed by atoms with Crippen molar-refractivity contribution in [3.05, 3.63) is 95.1 Å². The van der Waals surface area contributed by atoms with Gasteiger partial charge in [-0.3, -0.25) is 52.4 Å². The van der Waals surface area contributed by atoms with Gasteiger partial charge in [-0.2, -0.15) is 0 Å². The highest BCUT2D eigenvalue weighted by Gasteiger charge is 2.49. The quantitative estimate of drug-likeness (QED) is 0.0234. The molecule has 4 aliphatic rings. The maximum atomic E-state index is 15.3. The number of carbonyl (C=O) groups excluding carboxylic acids is 9. The van der Waals surface area contributed by atoms with Crippen molar-refractivity contribution in [2.24, 2.45) is 0 Å². The number of anilines is 1. The molecule has 17 N–H and O–H groups in total. The predicted octanol–water partition coefficient (Wildman–Crippen LogP) is -7.02. The molecule has 7 rings (SSSR count). The van der Waals surface area contributed by atoms with Crippen LogP contribution in [0.15, 0.2) is 77.7 Å². The van der Waals surface area contributed by atoms with Gasteiger partial charge >= 0.3 is 0 Å². The Kier molecular flexibility index (Phi) is 49.9. The molecule has 4 heterocycles. The Morgan fingerprint density at radius 1 is 0.439 bits per heavy atom. The third-order valence-electron chi connectivity index (χ3n) is 21.3. The van der Waals surface area contributed by atoms with Crippen LogP contribution in [-0.4, -0.2) is 432 Å². The number of nitrogens with zero attached hydrogens (tertiary/aromatic N) is 3. The van der Waals surface area contributed by atoms with Gasteiger partial charge in [0.15, 0.2) is 18.9 Å². The smallest absolute Gasteiger partial charge is 0.265 e. The summed E-state index contributed by atoms with van der Waals surface area (Å²) in [7, 11) is -4.79. The molecule has 9 amide bonds. The van der Waals surface area contributed by atoms with E-state index >= 15 is 8.42 Å². The molecule has 0 spiro atoms. The molecule has 0 aromatic heterocycles. The summed E-state index contributed by atoms with van der Waals surface area (Å²) >= 11 is 0. The van der Waals surface area contributed by atoms with Crippen LogP contribution in [0.2, 0.25) is 0 Å². The minimum atomic E-state index is -4.79. The lowest BCUT2D eigenvalue weighted by molar-refractivity contribution is -0.272. The predicted molar refractivity (Wildman–Crippen MR) is 463 cm³/mol. The molecule has 0 saturated carbocycles. The molecule has 1 unspecified atom stereocenters. The van der Waals surface area contributed by atoms with E-state index < -0.39 is 218 Å². The number of aliphatic hydroxyl groups is 9. The van der Waals surface area contributed by atoms with E-state index in [2.05, 4.69) is 47.4 Å². The van der Waals surface area contributed by atoms with Crippen molar-refractivity contribution in [3.63, 3.8) is 0 Å². The third kappa shape index (κ3) is 37.4. The first-order valence-electron chi connectivity index (χ1n) is 43.8. The first-order valence-corrected chi connectivity index (χ1v) is 45.2. The summed E-state index contributed by atoms with van der Waals surface area (Å²) < 4.78 is 117. The van der Waals surface area contributed by atoms with Crippen LogP contribution in [0.25, 0.3) is 0 Å². The number of nitrogens with one attached hydrogen (secondary N) is 8. The topological polar surface area (TPSA) is 614 Å². The number of sulfonamides is 1. The highest BCUT2D eigenvalue weighted by atomic mass is 32.2. The molecule has 15 atom stereocenters.